The third kappa shape index (κ3) is 6.85. The summed E-state index contributed by atoms with van der Waals surface area (Å²) >= 11 is 0. The molecule has 0 spiro atoms. The van der Waals surface area contributed by atoms with E-state index in [1.54, 1.807) is 14.2 Å². The first-order chi connectivity index (χ1) is 10.2. The largest absolute Gasteiger partial charge is 0.493 e. The molecule has 0 fully saturated rings. The number of hydrogen-bond acceptors (Lipinski definition) is 3. The minimum Gasteiger partial charge on any atom is -0.493 e. The smallest absolute Gasteiger partial charge is 0.160 e. The Morgan fingerprint density at radius 1 is 1.05 bits per heavy atom. The average molecular weight is 293 g/mol. The lowest BCUT2D eigenvalue weighted by atomic mass is 10.1. The first kappa shape index (κ1) is 17.8. The van der Waals surface area contributed by atoms with Crippen LogP contribution in [0, 0.1) is 0 Å². The summed E-state index contributed by atoms with van der Waals surface area (Å²) in [5.41, 5.74) is 1.28. The Balaban J connectivity index is 2.28. The number of rotatable bonds is 11. The quantitative estimate of drug-likeness (QED) is 0.620. The van der Waals surface area contributed by atoms with Crippen LogP contribution in [0.4, 0.5) is 0 Å². The van der Waals surface area contributed by atoms with E-state index in [0.29, 0.717) is 6.04 Å². The fourth-order valence-corrected chi connectivity index (χ4v) is 2.48. The lowest BCUT2D eigenvalue weighted by Gasteiger charge is -2.14. The summed E-state index contributed by atoms with van der Waals surface area (Å²) in [4.78, 5) is 0. The van der Waals surface area contributed by atoms with Gasteiger partial charge in [0.15, 0.2) is 11.5 Å². The number of nitrogens with one attached hydrogen (secondary N) is 1. The van der Waals surface area contributed by atoms with E-state index in [1.807, 2.05) is 6.07 Å². The highest BCUT2D eigenvalue weighted by atomic mass is 16.5. The van der Waals surface area contributed by atoms with Gasteiger partial charge in [0.2, 0.25) is 0 Å². The van der Waals surface area contributed by atoms with Gasteiger partial charge >= 0.3 is 0 Å². The lowest BCUT2D eigenvalue weighted by molar-refractivity contribution is 0.354. The van der Waals surface area contributed by atoms with Crippen molar-refractivity contribution in [3.8, 4) is 11.5 Å². The second-order valence-corrected chi connectivity index (χ2v) is 5.64. The van der Waals surface area contributed by atoms with E-state index >= 15 is 0 Å². The van der Waals surface area contributed by atoms with Gasteiger partial charge in [-0.1, -0.05) is 38.7 Å². The van der Waals surface area contributed by atoms with Crippen LogP contribution >= 0.6 is 0 Å². The minimum atomic E-state index is 0.599. The van der Waals surface area contributed by atoms with Gasteiger partial charge in [-0.25, -0.2) is 0 Å². The van der Waals surface area contributed by atoms with Crippen LogP contribution in [-0.4, -0.2) is 26.8 Å². The summed E-state index contributed by atoms with van der Waals surface area (Å²) in [7, 11) is 3.34. The number of unbranched alkanes of at least 4 members (excludes halogenated alkanes) is 3. The highest BCUT2D eigenvalue weighted by Gasteiger charge is 2.05. The van der Waals surface area contributed by atoms with Crippen LogP contribution in [0.3, 0.4) is 0 Å². The Kier molecular flexibility index (Phi) is 8.91. The average Bonchev–Trinajstić information content (AvgIpc) is 2.51. The zero-order valence-corrected chi connectivity index (χ0v) is 14.1. The molecule has 0 aliphatic carbocycles. The molecule has 21 heavy (non-hydrogen) atoms. The molecule has 0 aromatic heterocycles. The van der Waals surface area contributed by atoms with Gasteiger partial charge in [-0.2, -0.15) is 0 Å². The summed E-state index contributed by atoms with van der Waals surface area (Å²) in [6.45, 7) is 5.54. The van der Waals surface area contributed by atoms with Crippen LogP contribution in [0.25, 0.3) is 0 Å². The van der Waals surface area contributed by atoms with E-state index in [1.165, 1.54) is 37.7 Å². The third-order valence-electron chi connectivity index (χ3n) is 3.85. The fraction of sp³-hybridized carbons (Fsp3) is 0.667. The Bertz CT molecular complexity index is 393. The van der Waals surface area contributed by atoms with Crippen molar-refractivity contribution in [3.63, 3.8) is 0 Å². The van der Waals surface area contributed by atoms with Crippen molar-refractivity contribution in [2.75, 3.05) is 20.8 Å². The number of methoxy groups -OCH3 is 2. The second kappa shape index (κ2) is 10.5. The van der Waals surface area contributed by atoms with E-state index in [9.17, 15) is 0 Å². The highest BCUT2D eigenvalue weighted by Crippen LogP contribution is 2.27. The first-order valence-corrected chi connectivity index (χ1v) is 8.15. The second-order valence-electron chi connectivity index (χ2n) is 5.64. The maximum Gasteiger partial charge on any atom is 0.160 e. The number of benzene rings is 1. The molecule has 1 aromatic carbocycles. The van der Waals surface area contributed by atoms with Gasteiger partial charge < -0.3 is 14.8 Å². The molecule has 0 saturated heterocycles. The van der Waals surface area contributed by atoms with Crippen LogP contribution in [0.2, 0.25) is 0 Å². The predicted molar refractivity (Wildman–Crippen MR) is 89.5 cm³/mol. The molecular formula is C18H31NO2. The molecule has 3 heteroatoms. The van der Waals surface area contributed by atoms with Crippen LogP contribution in [-0.2, 0) is 6.42 Å². The van der Waals surface area contributed by atoms with Gasteiger partial charge in [-0.15, -0.1) is 0 Å². The molecule has 1 aromatic rings. The summed E-state index contributed by atoms with van der Waals surface area (Å²) in [5, 5.41) is 3.60. The molecule has 1 N–H and O–H groups in total. The van der Waals surface area contributed by atoms with Gasteiger partial charge in [0.05, 0.1) is 14.2 Å². The van der Waals surface area contributed by atoms with Gasteiger partial charge in [-0.3, -0.25) is 0 Å². The van der Waals surface area contributed by atoms with Crippen molar-refractivity contribution in [3.05, 3.63) is 23.8 Å². The Morgan fingerprint density at radius 3 is 2.48 bits per heavy atom. The Labute approximate surface area is 130 Å². The zero-order chi connectivity index (χ0) is 15.5. The van der Waals surface area contributed by atoms with Crippen LogP contribution in [0.5, 0.6) is 11.5 Å². The molecule has 0 amide bonds. The molecule has 3 nitrogen and oxygen atoms in total. The molecule has 0 aliphatic heterocycles. The molecule has 120 valence electrons. The summed E-state index contributed by atoms with van der Waals surface area (Å²) in [6, 6.07) is 6.74. The topological polar surface area (TPSA) is 30.5 Å². The molecule has 1 unspecified atom stereocenters. The molecule has 1 rings (SSSR count). The van der Waals surface area contributed by atoms with Crippen LogP contribution in [0.1, 0.15) is 51.5 Å². The standard InChI is InChI=1S/C18H31NO2/c1-5-6-7-8-9-15(2)19-13-12-16-10-11-17(20-3)18(14-16)21-4/h10-11,14-15,19H,5-9,12-13H2,1-4H3. The SMILES string of the molecule is CCCCCCC(C)NCCc1ccc(OC)c(OC)c1. The maximum atomic E-state index is 5.33. The molecule has 1 atom stereocenters. The van der Waals surface area contributed by atoms with E-state index in [4.69, 9.17) is 9.47 Å². The first-order valence-electron chi connectivity index (χ1n) is 8.15. The summed E-state index contributed by atoms with van der Waals surface area (Å²) < 4.78 is 10.6. The molecule has 0 bridgehead atoms. The van der Waals surface area contributed by atoms with Crippen molar-refractivity contribution in [1.29, 1.82) is 0 Å². The monoisotopic (exact) mass is 293 g/mol. The predicted octanol–water partition coefficient (Wildman–Crippen LogP) is 4.19. The highest BCUT2D eigenvalue weighted by molar-refractivity contribution is 5.42. The maximum absolute atomic E-state index is 5.33. The van der Waals surface area contributed by atoms with Crippen molar-refractivity contribution in [1.82, 2.24) is 5.32 Å². The van der Waals surface area contributed by atoms with E-state index in [0.717, 1.165) is 24.5 Å². The van der Waals surface area contributed by atoms with Crippen molar-refractivity contribution >= 4 is 0 Å². The molecule has 0 aliphatic rings. The molecule has 0 heterocycles. The molecule has 0 radical (unpaired) electrons. The van der Waals surface area contributed by atoms with Crippen LogP contribution < -0.4 is 14.8 Å². The van der Waals surface area contributed by atoms with Gasteiger partial charge in [0, 0.05) is 6.04 Å². The van der Waals surface area contributed by atoms with Gasteiger partial charge in [-0.05, 0) is 44.0 Å². The number of ether oxygens (including phenoxy) is 2. The van der Waals surface area contributed by atoms with Crippen LogP contribution in [0.15, 0.2) is 18.2 Å². The van der Waals surface area contributed by atoms with E-state index in [-0.39, 0.29) is 0 Å². The zero-order valence-electron chi connectivity index (χ0n) is 14.1. The summed E-state index contributed by atoms with van der Waals surface area (Å²) in [5.74, 6) is 1.60. The van der Waals surface area contributed by atoms with Gasteiger partial charge in [0.1, 0.15) is 0 Å². The van der Waals surface area contributed by atoms with Gasteiger partial charge in [0.25, 0.3) is 0 Å². The Hall–Kier alpha value is -1.22. The van der Waals surface area contributed by atoms with E-state index < -0.39 is 0 Å². The Morgan fingerprint density at radius 2 is 1.81 bits per heavy atom. The normalized spacial score (nSPS) is 12.2. The van der Waals surface area contributed by atoms with Crippen molar-refractivity contribution < 1.29 is 9.47 Å². The minimum absolute atomic E-state index is 0.599. The lowest BCUT2D eigenvalue weighted by Crippen LogP contribution is -2.28. The summed E-state index contributed by atoms with van der Waals surface area (Å²) in [6.07, 6.45) is 7.64. The fourth-order valence-electron chi connectivity index (χ4n) is 2.48. The van der Waals surface area contributed by atoms with Crippen molar-refractivity contribution in [2.24, 2.45) is 0 Å². The third-order valence-corrected chi connectivity index (χ3v) is 3.85. The number of hydrogen-bond donors (Lipinski definition) is 1. The van der Waals surface area contributed by atoms with Crippen molar-refractivity contribution in [2.45, 2.75) is 58.4 Å². The molecule has 0 saturated carbocycles. The molecular weight excluding hydrogens is 262 g/mol. The van der Waals surface area contributed by atoms with E-state index in [2.05, 4.69) is 31.3 Å².